The molecule has 0 saturated carbocycles. The molecule has 56 valence electrons. The maximum Gasteiger partial charge on any atom is 0.317 e. The Morgan fingerprint density at radius 1 is 1.90 bits per heavy atom. The van der Waals surface area contributed by atoms with Crippen molar-refractivity contribution >= 4 is 5.97 Å². The highest BCUT2D eigenvalue weighted by molar-refractivity contribution is 5.78. The summed E-state index contributed by atoms with van der Waals surface area (Å²) in [6.07, 6.45) is 0. The molecule has 0 fully saturated rings. The van der Waals surface area contributed by atoms with E-state index in [1.54, 1.807) is 0 Å². The van der Waals surface area contributed by atoms with Crippen LogP contribution in [0.2, 0.25) is 0 Å². The summed E-state index contributed by atoms with van der Waals surface area (Å²) in [4.78, 5) is 12.5. The number of aliphatic carboxylic acids is 1. The number of rotatable bonds is 3. The van der Waals surface area contributed by atoms with E-state index in [1.807, 2.05) is 0 Å². The molecule has 0 heterocycles. The van der Waals surface area contributed by atoms with Gasteiger partial charge < -0.3 is 10.2 Å². The molecule has 6 nitrogen and oxygen atoms in total. The van der Waals surface area contributed by atoms with Crippen molar-refractivity contribution in [1.29, 1.82) is 0 Å². The summed E-state index contributed by atoms with van der Waals surface area (Å²) in [5.74, 6) is -1.34. The molecule has 0 bridgehead atoms. The standard InChI is InChI=1S/C4H7N3O3/c1-4(2-8,3(9)10)6-7-5/h8H,2H2,1H3,(H,9,10)/t4-/m0/s1. The van der Waals surface area contributed by atoms with Crippen molar-refractivity contribution < 1.29 is 15.0 Å². The van der Waals surface area contributed by atoms with Crippen LogP contribution in [0, 0.1) is 0 Å². The van der Waals surface area contributed by atoms with Gasteiger partial charge in [-0.05, 0) is 12.5 Å². The Balaban J connectivity index is 4.54. The second-order valence-electron chi connectivity index (χ2n) is 1.93. The normalized spacial score (nSPS) is 15.0. The largest absolute Gasteiger partial charge is 0.481 e. The van der Waals surface area contributed by atoms with E-state index in [0.29, 0.717) is 0 Å². The van der Waals surface area contributed by atoms with Crippen LogP contribution in [0.15, 0.2) is 5.11 Å². The van der Waals surface area contributed by atoms with Gasteiger partial charge in [-0.25, -0.2) is 0 Å². The lowest BCUT2D eigenvalue weighted by Gasteiger charge is -2.13. The van der Waals surface area contributed by atoms with Crippen molar-refractivity contribution in [2.24, 2.45) is 5.11 Å². The van der Waals surface area contributed by atoms with Gasteiger partial charge in [0.1, 0.15) is 0 Å². The van der Waals surface area contributed by atoms with Gasteiger partial charge in [0.05, 0.1) is 6.61 Å². The Labute approximate surface area is 56.7 Å². The molecule has 6 heteroatoms. The van der Waals surface area contributed by atoms with E-state index in [0.717, 1.165) is 6.92 Å². The first kappa shape index (κ1) is 8.74. The molecule has 0 amide bonds. The van der Waals surface area contributed by atoms with Gasteiger partial charge in [-0.15, -0.1) is 0 Å². The Hall–Kier alpha value is -1.26. The van der Waals surface area contributed by atoms with Gasteiger partial charge in [-0.3, -0.25) is 4.79 Å². The predicted molar refractivity (Wildman–Crippen MR) is 32.3 cm³/mol. The maximum atomic E-state index is 10.2. The number of hydrogen-bond donors (Lipinski definition) is 2. The Morgan fingerprint density at radius 2 is 2.40 bits per heavy atom. The fraction of sp³-hybridized carbons (Fsp3) is 0.750. The fourth-order valence-electron chi connectivity index (χ4n) is 0.241. The molecule has 0 aromatic carbocycles. The van der Waals surface area contributed by atoms with Crippen molar-refractivity contribution in [1.82, 2.24) is 0 Å². The van der Waals surface area contributed by atoms with Crippen LogP contribution in [-0.2, 0) is 4.79 Å². The van der Waals surface area contributed by atoms with Gasteiger partial charge in [-0.1, -0.05) is 5.11 Å². The van der Waals surface area contributed by atoms with Gasteiger partial charge in [0.15, 0.2) is 5.54 Å². The van der Waals surface area contributed by atoms with E-state index in [4.69, 9.17) is 15.7 Å². The number of nitrogens with zero attached hydrogens (tertiary/aromatic N) is 3. The Kier molecular flexibility index (Phi) is 2.66. The zero-order valence-electron chi connectivity index (χ0n) is 5.35. The van der Waals surface area contributed by atoms with Crippen LogP contribution in [0.1, 0.15) is 6.92 Å². The third-order valence-corrected chi connectivity index (χ3v) is 1.03. The van der Waals surface area contributed by atoms with Crippen LogP contribution in [0.5, 0.6) is 0 Å². The first-order valence-corrected chi connectivity index (χ1v) is 2.47. The molecule has 0 unspecified atom stereocenters. The molecule has 10 heavy (non-hydrogen) atoms. The fourth-order valence-corrected chi connectivity index (χ4v) is 0.241. The Morgan fingerprint density at radius 3 is 2.50 bits per heavy atom. The highest BCUT2D eigenvalue weighted by Gasteiger charge is 2.30. The van der Waals surface area contributed by atoms with E-state index >= 15 is 0 Å². The zero-order chi connectivity index (χ0) is 8.20. The number of carboxylic acids is 1. The van der Waals surface area contributed by atoms with E-state index < -0.39 is 18.1 Å². The molecule has 0 radical (unpaired) electrons. The minimum Gasteiger partial charge on any atom is -0.481 e. The summed E-state index contributed by atoms with van der Waals surface area (Å²) in [7, 11) is 0. The molecule has 2 N–H and O–H groups in total. The molecule has 1 atom stereocenters. The first-order valence-electron chi connectivity index (χ1n) is 2.47. The molecular formula is C4H7N3O3. The third kappa shape index (κ3) is 1.61. The second-order valence-corrected chi connectivity index (χ2v) is 1.93. The van der Waals surface area contributed by atoms with E-state index in [2.05, 4.69) is 10.0 Å². The molecule has 0 saturated heterocycles. The van der Waals surface area contributed by atoms with Crippen LogP contribution >= 0.6 is 0 Å². The van der Waals surface area contributed by atoms with Crippen molar-refractivity contribution in [3.63, 3.8) is 0 Å². The average Bonchev–Trinajstić information content (AvgIpc) is 1.88. The summed E-state index contributed by atoms with van der Waals surface area (Å²) in [5.41, 5.74) is 6.14. The van der Waals surface area contributed by atoms with E-state index in [9.17, 15) is 4.79 Å². The number of aliphatic hydroxyl groups is 1. The smallest absolute Gasteiger partial charge is 0.317 e. The average molecular weight is 145 g/mol. The maximum absolute atomic E-state index is 10.2. The van der Waals surface area contributed by atoms with Crippen molar-refractivity contribution in [3.05, 3.63) is 10.4 Å². The number of carboxylic acid groups (broad SMARTS) is 1. The molecular weight excluding hydrogens is 138 g/mol. The zero-order valence-corrected chi connectivity index (χ0v) is 5.35. The van der Waals surface area contributed by atoms with Crippen LogP contribution < -0.4 is 0 Å². The highest BCUT2D eigenvalue weighted by Crippen LogP contribution is 2.08. The lowest BCUT2D eigenvalue weighted by Crippen LogP contribution is -2.36. The minimum absolute atomic E-state index is 0.702. The molecule has 0 aliphatic carbocycles. The summed E-state index contributed by atoms with van der Waals surface area (Å²) >= 11 is 0. The van der Waals surface area contributed by atoms with Crippen LogP contribution in [0.25, 0.3) is 10.4 Å². The summed E-state index contributed by atoms with van der Waals surface area (Å²) in [5, 5.41) is 19.7. The monoisotopic (exact) mass is 145 g/mol. The van der Waals surface area contributed by atoms with Crippen LogP contribution in [-0.4, -0.2) is 28.3 Å². The van der Waals surface area contributed by atoms with Crippen molar-refractivity contribution in [2.75, 3.05) is 6.61 Å². The number of aliphatic hydroxyl groups excluding tert-OH is 1. The van der Waals surface area contributed by atoms with Gasteiger partial charge in [-0.2, -0.15) is 0 Å². The highest BCUT2D eigenvalue weighted by atomic mass is 16.4. The van der Waals surface area contributed by atoms with Gasteiger partial charge in [0, 0.05) is 4.91 Å². The van der Waals surface area contributed by atoms with E-state index in [-0.39, 0.29) is 0 Å². The minimum atomic E-state index is -1.73. The molecule has 0 aromatic rings. The van der Waals surface area contributed by atoms with E-state index in [1.165, 1.54) is 0 Å². The molecule has 0 aromatic heterocycles. The summed E-state index contributed by atoms with van der Waals surface area (Å²) in [6.45, 7) is 0.432. The van der Waals surface area contributed by atoms with Crippen LogP contribution in [0.3, 0.4) is 0 Å². The summed E-state index contributed by atoms with van der Waals surface area (Å²) in [6, 6.07) is 0. The quantitative estimate of drug-likeness (QED) is 0.335. The second kappa shape index (κ2) is 3.05. The van der Waals surface area contributed by atoms with Gasteiger partial charge in [0.2, 0.25) is 0 Å². The lowest BCUT2D eigenvalue weighted by molar-refractivity contribution is -0.144. The van der Waals surface area contributed by atoms with Crippen LogP contribution in [0.4, 0.5) is 0 Å². The number of carbonyl (C=O) groups is 1. The van der Waals surface area contributed by atoms with Gasteiger partial charge >= 0.3 is 5.97 Å². The molecule has 0 rings (SSSR count). The molecule has 0 aliphatic heterocycles. The first-order chi connectivity index (χ1) is 4.56. The lowest BCUT2D eigenvalue weighted by atomic mass is 10.1. The number of hydrogen-bond acceptors (Lipinski definition) is 3. The number of azide groups is 1. The SMILES string of the molecule is C[C@@](CO)(N=[N+]=[N-])C(=O)O. The molecule has 0 spiro atoms. The third-order valence-electron chi connectivity index (χ3n) is 1.03. The van der Waals surface area contributed by atoms with Gasteiger partial charge in [0.25, 0.3) is 0 Å². The molecule has 0 aliphatic rings. The topological polar surface area (TPSA) is 106 Å². The van der Waals surface area contributed by atoms with Crippen molar-refractivity contribution in [2.45, 2.75) is 12.5 Å². The summed E-state index contributed by atoms with van der Waals surface area (Å²) < 4.78 is 0. The Bertz CT molecular complexity index is 182. The predicted octanol–water partition coefficient (Wildman–Crippen LogP) is 0.132. The van der Waals surface area contributed by atoms with Crippen molar-refractivity contribution in [3.8, 4) is 0 Å².